The molecule has 10 heteroatoms. The summed E-state index contributed by atoms with van der Waals surface area (Å²) in [4.78, 5) is 28.8. The van der Waals surface area contributed by atoms with E-state index >= 15 is 0 Å². The topological polar surface area (TPSA) is 130 Å². The highest BCUT2D eigenvalue weighted by Gasteiger charge is 2.64. The molecule has 7 rings (SSSR count). The number of ether oxygens (including phenoxy) is 6. The smallest absolute Gasteiger partial charge is 0.312 e. The summed E-state index contributed by atoms with van der Waals surface area (Å²) >= 11 is 0. The lowest BCUT2D eigenvalue weighted by Crippen LogP contribution is -2.63. The summed E-state index contributed by atoms with van der Waals surface area (Å²) in [6, 6.07) is 0. The van der Waals surface area contributed by atoms with E-state index in [1.54, 1.807) is 0 Å². The molecule has 7 aliphatic heterocycles. The number of ketones is 1. The molecule has 1 unspecified atom stereocenters. The molecule has 2 spiro atoms. The van der Waals surface area contributed by atoms with Crippen molar-refractivity contribution >= 4 is 11.8 Å². The van der Waals surface area contributed by atoms with Gasteiger partial charge in [0, 0.05) is 30.1 Å². The van der Waals surface area contributed by atoms with Gasteiger partial charge in [0.2, 0.25) is 5.79 Å². The van der Waals surface area contributed by atoms with E-state index in [0.29, 0.717) is 51.4 Å². The van der Waals surface area contributed by atoms with Crippen LogP contribution in [-0.2, 0) is 38.0 Å². The summed E-state index contributed by atoms with van der Waals surface area (Å²) in [7, 11) is 0. The molecule has 0 aromatic carbocycles. The van der Waals surface area contributed by atoms with Crippen LogP contribution >= 0.6 is 0 Å². The zero-order valence-corrected chi connectivity index (χ0v) is 33.5. The molecule has 0 aromatic rings. The number of hydrogen-bond acceptors (Lipinski definition) is 10. The van der Waals surface area contributed by atoms with Gasteiger partial charge in [-0.1, -0.05) is 55.4 Å². The first-order chi connectivity index (χ1) is 24.5. The lowest BCUT2D eigenvalue weighted by molar-refractivity contribution is -0.409. The van der Waals surface area contributed by atoms with Gasteiger partial charge < -0.3 is 38.6 Å². The molecule has 0 amide bonds. The third-order valence-corrected chi connectivity index (χ3v) is 14.6. The molecule has 0 saturated carbocycles. The molecule has 5 fully saturated rings. The Hall–Kier alpha value is -1.40. The van der Waals surface area contributed by atoms with E-state index in [2.05, 4.69) is 20.8 Å². The molecule has 0 radical (unpaired) electrons. The van der Waals surface area contributed by atoms with E-state index in [4.69, 9.17) is 28.4 Å². The third kappa shape index (κ3) is 6.87. The molecule has 0 aromatic heterocycles. The number of fused-ring (bicyclic) bond motifs is 6. The van der Waals surface area contributed by atoms with Gasteiger partial charge in [-0.25, -0.2) is 0 Å². The summed E-state index contributed by atoms with van der Waals surface area (Å²) in [6.07, 6.45) is 6.40. The van der Waals surface area contributed by atoms with Gasteiger partial charge in [0.15, 0.2) is 11.9 Å². The van der Waals surface area contributed by atoms with Crippen LogP contribution in [0.5, 0.6) is 0 Å². The Labute approximate surface area is 312 Å². The monoisotopic (exact) mass is 732 g/mol. The minimum Gasteiger partial charge on any atom is -0.452 e. The highest BCUT2D eigenvalue weighted by molar-refractivity contribution is 5.84. The molecule has 18 atom stereocenters. The van der Waals surface area contributed by atoms with E-state index in [-0.39, 0.29) is 59.8 Å². The SMILES string of the molecule is CCC1C(=O)O[C@@H]2C=C[C@@]3(O[C@@H]([C@@H](C)C[C@H]3C)[C@@H](CC)C(=O)[C@@H](C)[C@@H](O)[C@H](C)[C@@H]3O[C@@H]1CC[C@@H]3C)O[C@@]21CC[C@@](C)([C@H]2CC[C@](O)(CC)[C@H](C)O2)O1. The third-order valence-electron chi connectivity index (χ3n) is 14.6. The molecule has 296 valence electrons. The summed E-state index contributed by atoms with van der Waals surface area (Å²) in [5.41, 5.74) is -1.67. The fourth-order valence-electron chi connectivity index (χ4n) is 10.8. The standard InChI is InChI=1S/C42H68O10/c1-11-29-31-15-14-23(4)36(48-31)27(8)34(43)26(7)35(44)30(12-2)37-24(5)22-25(6)41(50-37)19-17-33(49-38(29)45)42(52-41)21-20-39(10,51-42)32-16-18-40(46,13-3)28(9)47-32/h17,19,23-34,36-37,43,46H,11-16,18,20-22H2,1-10H3/t23-,24-,25+,26-,27-,28-,29?,30-,31+,32+,33+,34+,36+,37-,39-,40+,41+,42-/m0/s1. The zero-order valence-electron chi connectivity index (χ0n) is 33.5. The average molecular weight is 733 g/mol. The number of carbonyl (C=O) groups excluding carboxylic acids is 2. The van der Waals surface area contributed by atoms with Crippen LogP contribution in [0.4, 0.5) is 0 Å². The van der Waals surface area contributed by atoms with Crippen LogP contribution in [0.3, 0.4) is 0 Å². The number of Topliss-reactive ketones (excluding diaryl/α,β-unsaturated/α-hetero) is 1. The van der Waals surface area contributed by atoms with Crippen LogP contribution in [0.1, 0.15) is 133 Å². The molecule has 10 nitrogen and oxygen atoms in total. The summed E-state index contributed by atoms with van der Waals surface area (Å²) in [5.74, 6) is -4.80. The van der Waals surface area contributed by atoms with E-state index in [1.165, 1.54) is 0 Å². The second-order valence-corrected chi connectivity index (χ2v) is 18.0. The maximum Gasteiger partial charge on any atom is 0.312 e. The van der Waals surface area contributed by atoms with Crippen LogP contribution in [0.15, 0.2) is 12.2 Å². The normalized spacial score (nSPS) is 53.2. The molecule has 5 bridgehead atoms. The van der Waals surface area contributed by atoms with E-state index < -0.39 is 58.8 Å². The fraction of sp³-hybridized carbons (Fsp3) is 0.905. The van der Waals surface area contributed by atoms with Crippen LogP contribution in [0.25, 0.3) is 0 Å². The molecular formula is C42H68O10. The maximum absolute atomic E-state index is 14.4. The molecule has 52 heavy (non-hydrogen) atoms. The van der Waals surface area contributed by atoms with Crippen LogP contribution in [0, 0.1) is 41.4 Å². The first kappa shape index (κ1) is 40.3. The zero-order chi connectivity index (χ0) is 38.0. The Kier molecular flexibility index (Phi) is 11.6. The Balaban J connectivity index is 1.41. The molecule has 7 heterocycles. The van der Waals surface area contributed by atoms with Crippen molar-refractivity contribution in [1.82, 2.24) is 0 Å². The van der Waals surface area contributed by atoms with Gasteiger partial charge >= 0.3 is 5.97 Å². The Morgan fingerprint density at radius 2 is 1.56 bits per heavy atom. The molecule has 5 saturated heterocycles. The quantitative estimate of drug-likeness (QED) is 0.239. The van der Waals surface area contributed by atoms with Crippen molar-refractivity contribution in [3.05, 3.63) is 12.2 Å². The summed E-state index contributed by atoms with van der Waals surface area (Å²) < 4.78 is 41.2. The Morgan fingerprint density at radius 1 is 0.846 bits per heavy atom. The number of hydrogen-bond donors (Lipinski definition) is 2. The first-order valence-corrected chi connectivity index (χ1v) is 20.7. The molecule has 7 aliphatic rings. The minimum absolute atomic E-state index is 0.00893. The predicted molar refractivity (Wildman–Crippen MR) is 195 cm³/mol. The Morgan fingerprint density at radius 3 is 2.21 bits per heavy atom. The van der Waals surface area contributed by atoms with Gasteiger partial charge in [-0.05, 0) is 95.6 Å². The van der Waals surface area contributed by atoms with Crippen LogP contribution in [0.2, 0.25) is 0 Å². The summed E-state index contributed by atoms with van der Waals surface area (Å²) in [5, 5.41) is 23.0. The largest absolute Gasteiger partial charge is 0.452 e. The van der Waals surface area contributed by atoms with E-state index in [0.717, 1.165) is 12.8 Å². The van der Waals surface area contributed by atoms with Crippen molar-refractivity contribution in [2.24, 2.45) is 41.4 Å². The average Bonchev–Trinajstić information content (AvgIpc) is 3.46. The van der Waals surface area contributed by atoms with Gasteiger partial charge in [-0.2, -0.15) is 0 Å². The number of carbonyl (C=O) groups is 2. The van der Waals surface area contributed by atoms with Gasteiger partial charge in [0.1, 0.15) is 5.78 Å². The first-order valence-electron chi connectivity index (χ1n) is 20.7. The van der Waals surface area contributed by atoms with Gasteiger partial charge in [-0.3, -0.25) is 9.59 Å². The minimum atomic E-state index is -1.37. The number of esters is 1. The van der Waals surface area contributed by atoms with Crippen LogP contribution in [-0.4, -0.2) is 87.5 Å². The van der Waals surface area contributed by atoms with Gasteiger partial charge in [0.25, 0.3) is 0 Å². The van der Waals surface area contributed by atoms with Crippen molar-refractivity contribution in [3.8, 4) is 0 Å². The van der Waals surface area contributed by atoms with Crippen molar-refractivity contribution in [1.29, 1.82) is 0 Å². The number of rotatable bonds is 4. The van der Waals surface area contributed by atoms with E-state index in [1.807, 2.05) is 60.6 Å². The van der Waals surface area contributed by atoms with Crippen LogP contribution < -0.4 is 0 Å². The van der Waals surface area contributed by atoms with Crippen molar-refractivity contribution in [2.45, 2.75) is 199 Å². The molecule has 0 aliphatic carbocycles. The van der Waals surface area contributed by atoms with Gasteiger partial charge in [-0.15, -0.1) is 0 Å². The lowest BCUT2D eigenvalue weighted by atomic mass is 9.72. The predicted octanol–water partition coefficient (Wildman–Crippen LogP) is 6.67. The van der Waals surface area contributed by atoms with Crippen molar-refractivity contribution in [3.63, 3.8) is 0 Å². The second kappa shape index (κ2) is 14.9. The fourth-order valence-corrected chi connectivity index (χ4v) is 10.8. The molecule has 2 N–H and O–H groups in total. The Bertz CT molecular complexity index is 1340. The number of aliphatic hydroxyl groups excluding tert-OH is 1. The molecular weight excluding hydrogens is 664 g/mol. The van der Waals surface area contributed by atoms with Crippen molar-refractivity contribution in [2.75, 3.05) is 0 Å². The van der Waals surface area contributed by atoms with E-state index in [9.17, 15) is 19.8 Å². The highest BCUT2D eigenvalue weighted by atomic mass is 16.8. The van der Waals surface area contributed by atoms with Crippen molar-refractivity contribution < 1.29 is 48.2 Å². The number of aliphatic hydroxyl groups is 2. The summed E-state index contributed by atoms with van der Waals surface area (Å²) in [6.45, 7) is 20.1. The lowest BCUT2D eigenvalue weighted by Gasteiger charge is -2.54. The highest BCUT2D eigenvalue weighted by Crippen LogP contribution is 2.55. The second-order valence-electron chi connectivity index (χ2n) is 18.0. The van der Waals surface area contributed by atoms with Gasteiger partial charge in [0.05, 0.1) is 53.7 Å². The maximum atomic E-state index is 14.4.